The van der Waals surface area contributed by atoms with Gasteiger partial charge in [0.05, 0.1) is 6.42 Å². The van der Waals surface area contributed by atoms with E-state index in [0.29, 0.717) is 18.1 Å². The normalized spacial score (nSPS) is 11.7. The number of nitrogens with one attached hydrogen (secondary N) is 1. The number of carbonyl (C=O) groups excluding carboxylic acids is 2. The van der Waals surface area contributed by atoms with Crippen LogP contribution in [0.3, 0.4) is 0 Å². The second kappa shape index (κ2) is 10.1. The molecule has 0 aromatic heterocycles. The molecule has 0 saturated heterocycles. The zero-order chi connectivity index (χ0) is 19.8. The molecule has 0 aliphatic heterocycles. The summed E-state index contributed by atoms with van der Waals surface area (Å²) >= 11 is 6.03. The molecule has 0 aliphatic carbocycles. The van der Waals surface area contributed by atoms with Crippen LogP contribution in [0.2, 0.25) is 5.02 Å². The van der Waals surface area contributed by atoms with Gasteiger partial charge in [0.2, 0.25) is 11.8 Å². The third-order valence-electron chi connectivity index (χ3n) is 4.43. The van der Waals surface area contributed by atoms with Gasteiger partial charge in [0, 0.05) is 18.1 Å². The van der Waals surface area contributed by atoms with Gasteiger partial charge in [-0.2, -0.15) is 0 Å². The predicted molar refractivity (Wildman–Crippen MR) is 110 cm³/mol. The Kier molecular flexibility index (Phi) is 7.86. The highest BCUT2D eigenvalue weighted by Crippen LogP contribution is 2.15. The quantitative estimate of drug-likeness (QED) is 0.741. The molecule has 1 atom stereocenters. The summed E-state index contributed by atoms with van der Waals surface area (Å²) in [5.74, 6) is -0.236. The number of amides is 2. The first-order valence-electron chi connectivity index (χ1n) is 9.28. The van der Waals surface area contributed by atoms with E-state index in [1.54, 1.807) is 24.0 Å². The lowest BCUT2D eigenvalue weighted by molar-refractivity contribution is -0.140. The van der Waals surface area contributed by atoms with Crippen molar-refractivity contribution < 1.29 is 9.59 Å². The van der Waals surface area contributed by atoms with Crippen LogP contribution in [0.25, 0.3) is 0 Å². The molecule has 2 rings (SSSR count). The number of hydrogen-bond donors (Lipinski definition) is 1. The summed E-state index contributed by atoms with van der Waals surface area (Å²) in [6.45, 7) is 6.78. The molecule has 0 spiro atoms. The van der Waals surface area contributed by atoms with E-state index >= 15 is 0 Å². The fraction of sp³-hybridized carbons (Fsp3) is 0.364. The first kappa shape index (κ1) is 21.0. The van der Waals surface area contributed by atoms with Crippen LogP contribution >= 0.6 is 11.6 Å². The van der Waals surface area contributed by atoms with Gasteiger partial charge in [-0.15, -0.1) is 0 Å². The fourth-order valence-corrected chi connectivity index (χ4v) is 3.00. The van der Waals surface area contributed by atoms with Crippen LogP contribution < -0.4 is 5.32 Å². The summed E-state index contributed by atoms with van der Waals surface area (Å²) in [5.41, 5.74) is 2.99. The molecule has 144 valence electrons. The molecule has 5 heteroatoms. The molecule has 2 aromatic carbocycles. The Morgan fingerprint density at radius 2 is 1.81 bits per heavy atom. The van der Waals surface area contributed by atoms with Crippen molar-refractivity contribution in [3.05, 3.63) is 70.2 Å². The van der Waals surface area contributed by atoms with E-state index in [4.69, 9.17) is 11.6 Å². The summed E-state index contributed by atoms with van der Waals surface area (Å²) in [7, 11) is 0. The van der Waals surface area contributed by atoms with E-state index in [1.807, 2.05) is 50.2 Å². The van der Waals surface area contributed by atoms with Crippen LogP contribution in [0.5, 0.6) is 0 Å². The smallest absolute Gasteiger partial charge is 0.242 e. The van der Waals surface area contributed by atoms with Crippen LogP contribution in [0.4, 0.5) is 0 Å². The minimum Gasteiger partial charge on any atom is -0.354 e. The molecule has 2 amide bonds. The predicted octanol–water partition coefficient (Wildman–Crippen LogP) is 4.13. The molecule has 27 heavy (non-hydrogen) atoms. The maximum absolute atomic E-state index is 13.0. The Morgan fingerprint density at radius 3 is 2.44 bits per heavy atom. The third kappa shape index (κ3) is 6.40. The van der Waals surface area contributed by atoms with Gasteiger partial charge in [0.25, 0.3) is 0 Å². The summed E-state index contributed by atoms with van der Waals surface area (Å²) in [6.07, 6.45) is 1.06. The maximum Gasteiger partial charge on any atom is 0.242 e. The van der Waals surface area contributed by atoms with E-state index < -0.39 is 6.04 Å². The molecular weight excluding hydrogens is 360 g/mol. The second-order valence-electron chi connectivity index (χ2n) is 6.78. The van der Waals surface area contributed by atoms with Crippen molar-refractivity contribution in [3.8, 4) is 0 Å². The highest BCUT2D eigenvalue weighted by molar-refractivity contribution is 6.30. The molecule has 0 aliphatic rings. The summed E-state index contributed by atoms with van der Waals surface area (Å²) in [6, 6.07) is 14.7. The Labute approximate surface area is 166 Å². The zero-order valence-electron chi connectivity index (χ0n) is 16.2. The highest BCUT2D eigenvalue weighted by Gasteiger charge is 2.26. The van der Waals surface area contributed by atoms with E-state index in [2.05, 4.69) is 5.32 Å². The van der Waals surface area contributed by atoms with Crippen LogP contribution in [0.15, 0.2) is 48.5 Å². The first-order chi connectivity index (χ1) is 12.9. The lowest BCUT2D eigenvalue weighted by atomic mass is 10.1. The Morgan fingerprint density at radius 1 is 1.11 bits per heavy atom. The number of aryl methyl sites for hydroxylation is 1. The van der Waals surface area contributed by atoms with Crippen molar-refractivity contribution in [3.63, 3.8) is 0 Å². The molecule has 0 fully saturated rings. The van der Waals surface area contributed by atoms with Crippen molar-refractivity contribution in [1.29, 1.82) is 0 Å². The fourth-order valence-electron chi connectivity index (χ4n) is 2.79. The molecule has 0 unspecified atom stereocenters. The van der Waals surface area contributed by atoms with Crippen LogP contribution in [-0.2, 0) is 22.6 Å². The SMILES string of the molecule is CCCNC(=O)[C@H](C)N(Cc1ccc(C)cc1)C(=O)Cc1cccc(Cl)c1. The second-order valence-corrected chi connectivity index (χ2v) is 7.22. The zero-order valence-corrected chi connectivity index (χ0v) is 16.9. The van der Waals surface area contributed by atoms with Crippen LogP contribution in [0.1, 0.15) is 37.0 Å². The Bertz CT molecular complexity index is 774. The standard InChI is InChI=1S/C22H27ClN2O2/c1-4-12-24-22(27)17(3)25(15-18-10-8-16(2)9-11-18)21(26)14-19-6-5-7-20(23)13-19/h5-11,13,17H,4,12,14-15H2,1-3H3,(H,24,27)/t17-/m0/s1. The molecular formula is C22H27ClN2O2. The molecule has 0 radical (unpaired) electrons. The van der Waals surface area contributed by atoms with Gasteiger partial charge >= 0.3 is 0 Å². The van der Waals surface area contributed by atoms with Gasteiger partial charge in [-0.05, 0) is 43.5 Å². The van der Waals surface area contributed by atoms with Crippen molar-refractivity contribution in [2.24, 2.45) is 0 Å². The Hall–Kier alpha value is -2.33. The molecule has 1 N–H and O–H groups in total. The van der Waals surface area contributed by atoms with E-state index in [-0.39, 0.29) is 18.2 Å². The number of hydrogen-bond acceptors (Lipinski definition) is 2. The number of rotatable bonds is 8. The highest BCUT2D eigenvalue weighted by atomic mass is 35.5. The number of halogens is 1. The topological polar surface area (TPSA) is 49.4 Å². The minimum atomic E-state index is -0.551. The lowest BCUT2D eigenvalue weighted by Crippen LogP contribution is -2.48. The molecule has 0 heterocycles. The number of carbonyl (C=O) groups is 2. The summed E-state index contributed by atoms with van der Waals surface area (Å²) < 4.78 is 0. The maximum atomic E-state index is 13.0. The van der Waals surface area contributed by atoms with E-state index in [0.717, 1.165) is 23.1 Å². The molecule has 0 saturated carbocycles. The molecule has 2 aromatic rings. The largest absolute Gasteiger partial charge is 0.354 e. The van der Waals surface area contributed by atoms with Gasteiger partial charge in [-0.3, -0.25) is 9.59 Å². The van der Waals surface area contributed by atoms with Crippen LogP contribution in [-0.4, -0.2) is 29.3 Å². The summed E-state index contributed by atoms with van der Waals surface area (Å²) in [4.78, 5) is 27.1. The average molecular weight is 387 g/mol. The summed E-state index contributed by atoms with van der Waals surface area (Å²) in [5, 5.41) is 3.48. The van der Waals surface area contributed by atoms with Gasteiger partial charge in [0.15, 0.2) is 0 Å². The van der Waals surface area contributed by atoms with Gasteiger partial charge < -0.3 is 10.2 Å². The molecule has 0 bridgehead atoms. The van der Waals surface area contributed by atoms with Crippen molar-refractivity contribution in [2.75, 3.05) is 6.54 Å². The van der Waals surface area contributed by atoms with Crippen LogP contribution in [0, 0.1) is 6.92 Å². The third-order valence-corrected chi connectivity index (χ3v) is 4.67. The van der Waals surface area contributed by atoms with Crippen molar-refractivity contribution in [2.45, 2.75) is 46.2 Å². The minimum absolute atomic E-state index is 0.100. The van der Waals surface area contributed by atoms with Gasteiger partial charge in [-0.25, -0.2) is 0 Å². The van der Waals surface area contributed by atoms with Gasteiger partial charge in [0.1, 0.15) is 6.04 Å². The molecule has 4 nitrogen and oxygen atoms in total. The monoisotopic (exact) mass is 386 g/mol. The first-order valence-corrected chi connectivity index (χ1v) is 9.65. The Balaban J connectivity index is 2.20. The lowest BCUT2D eigenvalue weighted by Gasteiger charge is -2.29. The van der Waals surface area contributed by atoms with Crippen molar-refractivity contribution in [1.82, 2.24) is 10.2 Å². The van der Waals surface area contributed by atoms with Crippen molar-refractivity contribution >= 4 is 23.4 Å². The average Bonchev–Trinajstić information content (AvgIpc) is 2.65. The number of benzene rings is 2. The van der Waals surface area contributed by atoms with Gasteiger partial charge in [-0.1, -0.05) is 60.5 Å². The number of nitrogens with zero attached hydrogens (tertiary/aromatic N) is 1. The van der Waals surface area contributed by atoms with E-state index in [1.165, 1.54) is 0 Å². The van der Waals surface area contributed by atoms with E-state index in [9.17, 15) is 9.59 Å².